The van der Waals surface area contributed by atoms with Gasteiger partial charge in [0.1, 0.15) is 6.33 Å². The zero-order valence-corrected chi connectivity index (χ0v) is 12.2. The van der Waals surface area contributed by atoms with Gasteiger partial charge in [0.25, 0.3) is 10.0 Å². The van der Waals surface area contributed by atoms with Crippen molar-refractivity contribution >= 4 is 21.4 Å². The fourth-order valence-corrected chi connectivity index (χ4v) is 3.56. The number of sulfonamides is 1. The summed E-state index contributed by atoms with van der Waals surface area (Å²) in [6.45, 7) is 1.92. The highest BCUT2D eigenvalue weighted by Gasteiger charge is 2.19. The molecule has 0 amide bonds. The van der Waals surface area contributed by atoms with Gasteiger partial charge in [-0.05, 0) is 30.2 Å². The Kier molecular flexibility index (Phi) is 3.34. The molecule has 1 N–H and O–H groups in total. The quantitative estimate of drug-likeness (QED) is 0.800. The number of hydrogen-bond donors (Lipinski definition) is 1. The number of benzene rings is 1. The number of fused-ring (bicyclic) bond motifs is 1. The first-order valence-corrected chi connectivity index (χ1v) is 7.99. The predicted molar refractivity (Wildman–Crippen MR) is 79.6 cm³/mol. The third kappa shape index (κ3) is 2.47. The van der Waals surface area contributed by atoms with Crippen LogP contribution in [0.15, 0.2) is 53.8 Å². The Hall–Kier alpha value is -2.41. The third-order valence-electron chi connectivity index (χ3n) is 3.21. The first-order valence-electron chi connectivity index (χ1n) is 6.51. The van der Waals surface area contributed by atoms with Crippen molar-refractivity contribution in [2.75, 3.05) is 4.72 Å². The molecule has 0 aliphatic heterocycles. The van der Waals surface area contributed by atoms with E-state index < -0.39 is 10.0 Å². The van der Waals surface area contributed by atoms with Gasteiger partial charge in [-0.25, -0.2) is 8.42 Å². The average molecular weight is 302 g/mol. The second kappa shape index (κ2) is 5.17. The van der Waals surface area contributed by atoms with Crippen LogP contribution >= 0.6 is 0 Å². The molecule has 3 aromatic rings. The molecule has 2 heterocycles. The molecule has 0 fully saturated rings. The van der Waals surface area contributed by atoms with Gasteiger partial charge in [0, 0.05) is 6.20 Å². The van der Waals surface area contributed by atoms with Crippen LogP contribution in [0.1, 0.15) is 12.5 Å². The van der Waals surface area contributed by atoms with Gasteiger partial charge in [0.15, 0.2) is 5.65 Å². The molecule has 21 heavy (non-hydrogen) atoms. The Morgan fingerprint density at radius 1 is 1.19 bits per heavy atom. The van der Waals surface area contributed by atoms with Crippen LogP contribution in [-0.4, -0.2) is 23.0 Å². The lowest BCUT2D eigenvalue weighted by molar-refractivity contribution is 0.600. The fraction of sp³-hybridized carbons (Fsp3) is 0.143. The minimum atomic E-state index is -3.66. The molecule has 0 unspecified atom stereocenters. The van der Waals surface area contributed by atoms with E-state index in [1.54, 1.807) is 34.9 Å². The molecule has 0 saturated heterocycles. The second-order valence-electron chi connectivity index (χ2n) is 4.55. The zero-order valence-electron chi connectivity index (χ0n) is 11.4. The Labute approximate surface area is 122 Å². The molecule has 0 saturated carbocycles. The van der Waals surface area contributed by atoms with Crippen molar-refractivity contribution in [1.29, 1.82) is 0 Å². The summed E-state index contributed by atoms with van der Waals surface area (Å²) < 4.78 is 29.4. The largest absolute Gasteiger partial charge is 0.287 e. The molecule has 0 aliphatic carbocycles. The van der Waals surface area contributed by atoms with Crippen LogP contribution < -0.4 is 4.72 Å². The fourth-order valence-electron chi connectivity index (χ4n) is 2.19. The highest BCUT2D eigenvalue weighted by atomic mass is 32.2. The molecule has 6 nitrogen and oxygen atoms in total. The van der Waals surface area contributed by atoms with Gasteiger partial charge in [-0.15, -0.1) is 10.2 Å². The van der Waals surface area contributed by atoms with Gasteiger partial charge < -0.3 is 0 Å². The molecule has 3 rings (SSSR count). The van der Waals surface area contributed by atoms with Crippen molar-refractivity contribution in [1.82, 2.24) is 14.6 Å². The van der Waals surface area contributed by atoms with Gasteiger partial charge in [0.2, 0.25) is 0 Å². The van der Waals surface area contributed by atoms with Crippen molar-refractivity contribution < 1.29 is 8.42 Å². The summed E-state index contributed by atoms with van der Waals surface area (Å²) in [6, 6.07) is 10.4. The molecule has 7 heteroatoms. The van der Waals surface area contributed by atoms with Gasteiger partial charge >= 0.3 is 0 Å². The maximum Gasteiger partial charge on any atom is 0.262 e. The van der Waals surface area contributed by atoms with E-state index in [0.29, 0.717) is 17.8 Å². The van der Waals surface area contributed by atoms with Gasteiger partial charge in [-0.1, -0.05) is 25.1 Å². The summed E-state index contributed by atoms with van der Waals surface area (Å²) in [5.41, 5.74) is 1.65. The highest BCUT2D eigenvalue weighted by molar-refractivity contribution is 7.92. The predicted octanol–water partition coefficient (Wildman–Crippen LogP) is 2.09. The van der Waals surface area contributed by atoms with Gasteiger partial charge in [-0.2, -0.15) is 0 Å². The van der Waals surface area contributed by atoms with E-state index in [0.717, 1.165) is 5.56 Å². The molecular formula is C14H14N4O2S. The number of hydrogen-bond acceptors (Lipinski definition) is 4. The van der Waals surface area contributed by atoms with E-state index in [4.69, 9.17) is 0 Å². The van der Waals surface area contributed by atoms with E-state index in [1.165, 1.54) is 6.33 Å². The summed E-state index contributed by atoms with van der Waals surface area (Å²) in [4.78, 5) is 0.286. The lowest BCUT2D eigenvalue weighted by Crippen LogP contribution is -2.15. The number of pyridine rings is 1. The van der Waals surface area contributed by atoms with Crippen molar-refractivity contribution in [3.05, 3.63) is 54.5 Å². The molecule has 0 aliphatic rings. The van der Waals surface area contributed by atoms with Gasteiger partial charge in [0.05, 0.1) is 10.6 Å². The van der Waals surface area contributed by atoms with E-state index in [9.17, 15) is 8.42 Å². The standard InChI is InChI=1S/C14H14N4O2S/c1-2-11-6-3-4-8-13(11)21(19,20)17-12-7-5-9-18-10-15-16-14(12)18/h3-10,17H,2H2,1H3. The summed E-state index contributed by atoms with van der Waals surface area (Å²) in [5.74, 6) is 0. The first-order chi connectivity index (χ1) is 10.1. The Bertz CT molecular complexity index is 887. The minimum Gasteiger partial charge on any atom is -0.287 e. The molecule has 0 spiro atoms. The lowest BCUT2D eigenvalue weighted by Gasteiger charge is -2.11. The van der Waals surface area contributed by atoms with Crippen LogP contribution in [-0.2, 0) is 16.4 Å². The molecule has 1 aromatic carbocycles. The first kappa shape index (κ1) is 13.6. The number of aryl methyl sites for hydroxylation is 1. The van der Waals surface area contributed by atoms with E-state index in [2.05, 4.69) is 14.9 Å². The zero-order chi connectivity index (χ0) is 14.9. The normalized spacial score (nSPS) is 11.7. The molecule has 0 radical (unpaired) electrons. The smallest absolute Gasteiger partial charge is 0.262 e. The van der Waals surface area contributed by atoms with Crippen molar-refractivity contribution in [2.24, 2.45) is 0 Å². The number of nitrogens with one attached hydrogen (secondary N) is 1. The van der Waals surface area contributed by atoms with E-state index >= 15 is 0 Å². The number of nitrogens with zero attached hydrogens (tertiary/aromatic N) is 3. The number of rotatable bonds is 4. The summed E-state index contributed by atoms with van der Waals surface area (Å²) >= 11 is 0. The Balaban J connectivity index is 2.06. The minimum absolute atomic E-state index is 0.286. The van der Waals surface area contributed by atoms with Crippen LogP contribution in [0.2, 0.25) is 0 Å². The molecular weight excluding hydrogens is 288 g/mol. The molecule has 0 atom stereocenters. The van der Waals surface area contributed by atoms with Crippen LogP contribution in [0.4, 0.5) is 5.69 Å². The van der Waals surface area contributed by atoms with E-state index in [-0.39, 0.29) is 4.90 Å². The van der Waals surface area contributed by atoms with Crippen LogP contribution in [0.5, 0.6) is 0 Å². The summed E-state index contributed by atoms with van der Waals surface area (Å²) in [6.07, 6.45) is 3.92. The SMILES string of the molecule is CCc1ccccc1S(=O)(=O)Nc1cccn2cnnc12. The van der Waals surface area contributed by atoms with Gasteiger partial charge in [-0.3, -0.25) is 9.12 Å². The monoisotopic (exact) mass is 302 g/mol. The van der Waals surface area contributed by atoms with E-state index in [1.807, 2.05) is 19.1 Å². The average Bonchev–Trinajstić information content (AvgIpc) is 2.96. The second-order valence-corrected chi connectivity index (χ2v) is 6.20. The molecule has 2 aromatic heterocycles. The maximum atomic E-state index is 12.6. The summed E-state index contributed by atoms with van der Waals surface area (Å²) in [7, 11) is -3.66. The molecule has 0 bridgehead atoms. The van der Waals surface area contributed by atoms with Crippen molar-refractivity contribution in [3.8, 4) is 0 Å². The Morgan fingerprint density at radius 2 is 2.00 bits per heavy atom. The number of anilines is 1. The summed E-state index contributed by atoms with van der Waals surface area (Å²) in [5, 5.41) is 7.70. The number of aromatic nitrogens is 3. The van der Waals surface area contributed by atoms with Crippen LogP contribution in [0.25, 0.3) is 5.65 Å². The maximum absolute atomic E-state index is 12.6. The molecule has 108 valence electrons. The van der Waals surface area contributed by atoms with Crippen molar-refractivity contribution in [2.45, 2.75) is 18.2 Å². The van der Waals surface area contributed by atoms with Crippen LogP contribution in [0, 0.1) is 0 Å². The topological polar surface area (TPSA) is 76.4 Å². The Morgan fingerprint density at radius 3 is 2.81 bits per heavy atom. The van der Waals surface area contributed by atoms with Crippen molar-refractivity contribution in [3.63, 3.8) is 0 Å². The third-order valence-corrected chi connectivity index (χ3v) is 4.68. The lowest BCUT2D eigenvalue weighted by atomic mass is 10.2. The highest BCUT2D eigenvalue weighted by Crippen LogP contribution is 2.22. The van der Waals surface area contributed by atoms with Crippen LogP contribution in [0.3, 0.4) is 0 Å².